The van der Waals surface area contributed by atoms with Gasteiger partial charge >= 0.3 is 0 Å². The average Bonchev–Trinajstić information content (AvgIpc) is 3.69. The second-order valence-corrected chi connectivity index (χ2v) is 12.3. The van der Waals surface area contributed by atoms with Crippen LogP contribution in [-0.2, 0) is 0 Å². The van der Waals surface area contributed by atoms with Crippen molar-refractivity contribution in [2.45, 2.75) is 0 Å². The van der Waals surface area contributed by atoms with Crippen molar-refractivity contribution in [2.75, 3.05) is 0 Å². The maximum atomic E-state index is 9.98. The molecule has 0 amide bonds. The molecule has 0 atom stereocenters. The van der Waals surface area contributed by atoms with Crippen molar-refractivity contribution >= 4 is 43.6 Å². The van der Waals surface area contributed by atoms with Crippen molar-refractivity contribution in [3.63, 3.8) is 0 Å². The van der Waals surface area contributed by atoms with Crippen molar-refractivity contribution in [3.05, 3.63) is 168 Å². The predicted octanol–water partition coefficient (Wildman–Crippen LogP) is 10.8. The van der Waals surface area contributed by atoms with Crippen molar-refractivity contribution in [1.82, 2.24) is 9.13 Å². The largest absolute Gasteiger partial charge is 0.309 e. The molecule has 5 heteroatoms. The molecule has 0 spiro atoms. The highest BCUT2D eigenvalue weighted by Gasteiger charge is 2.22. The quantitative estimate of drug-likeness (QED) is 0.193. The lowest BCUT2D eigenvalue weighted by Crippen LogP contribution is -2.02. The third-order valence-corrected chi connectivity index (χ3v) is 9.60. The van der Waals surface area contributed by atoms with Gasteiger partial charge in [0, 0.05) is 32.7 Å². The van der Waals surface area contributed by atoms with Gasteiger partial charge in [0.1, 0.15) is 0 Å². The van der Waals surface area contributed by atoms with E-state index >= 15 is 0 Å². The van der Waals surface area contributed by atoms with Gasteiger partial charge in [-0.05, 0) is 83.9 Å². The van der Waals surface area contributed by atoms with Gasteiger partial charge in [0.2, 0.25) is 0 Å². The lowest BCUT2D eigenvalue weighted by molar-refractivity contribution is 1.17. The highest BCUT2D eigenvalue weighted by molar-refractivity contribution is 6.12. The van der Waals surface area contributed by atoms with Crippen LogP contribution in [0.3, 0.4) is 0 Å². The fraction of sp³-hybridized carbons (Fsp3) is 0. The number of benzene rings is 7. The molecule has 230 valence electrons. The Bertz CT molecular complexity index is 2970. The second kappa shape index (κ2) is 11.4. The minimum Gasteiger partial charge on any atom is -0.309 e. The molecule has 0 bridgehead atoms. The van der Waals surface area contributed by atoms with Crippen LogP contribution in [0, 0.1) is 34.0 Å². The molecule has 0 N–H and O–H groups in total. The zero-order chi connectivity index (χ0) is 33.8. The van der Waals surface area contributed by atoms with Crippen LogP contribution >= 0.6 is 0 Å². The first-order valence-corrected chi connectivity index (χ1v) is 16.3. The summed E-state index contributed by atoms with van der Waals surface area (Å²) in [6.45, 7) is 0. The number of hydrogen-bond acceptors (Lipinski definition) is 3. The van der Waals surface area contributed by atoms with E-state index in [1.54, 1.807) is 0 Å². The number of nitrogens with zero attached hydrogens (tertiary/aromatic N) is 5. The van der Waals surface area contributed by atoms with Crippen molar-refractivity contribution < 1.29 is 0 Å². The van der Waals surface area contributed by atoms with Crippen LogP contribution in [0.5, 0.6) is 0 Å². The Balaban J connectivity index is 1.40. The Morgan fingerprint density at radius 1 is 0.360 bits per heavy atom. The zero-order valence-electron chi connectivity index (χ0n) is 26.7. The SMILES string of the molecule is N#Cc1cccc(-c2c(-c3ccccc3-n3c4ccccc4c4cc(C#N)ccc43)cccc2-n2c3ccccc3c3cc(C#N)ccc32)c1. The Morgan fingerprint density at radius 2 is 0.840 bits per heavy atom. The van der Waals surface area contributed by atoms with Gasteiger partial charge in [0.25, 0.3) is 0 Å². The van der Waals surface area contributed by atoms with Gasteiger partial charge in [-0.3, -0.25) is 0 Å². The van der Waals surface area contributed by atoms with Crippen molar-refractivity contribution in [1.29, 1.82) is 15.8 Å². The first-order valence-electron chi connectivity index (χ1n) is 16.3. The van der Waals surface area contributed by atoms with E-state index in [2.05, 4.69) is 100 Å². The molecular formula is C45H25N5. The molecule has 0 aliphatic carbocycles. The van der Waals surface area contributed by atoms with Crippen LogP contribution in [0.25, 0.3) is 77.2 Å². The zero-order valence-corrected chi connectivity index (χ0v) is 26.7. The van der Waals surface area contributed by atoms with Gasteiger partial charge in [-0.15, -0.1) is 0 Å². The van der Waals surface area contributed by atoms with Crippen molar-refractivity contribution in [2.24, 2.45) is 0 Å². The number of fused-ring (bicyclic) bond motifs is 6. The second-order valence-electron chi connectivity index (χ2n) is 12.3. The van der Waals surface area contributed by atoms with Crippen molar-refractivity contribution in [3.8, 4) is 51.8 Å². The van der Waals surface area contributed by atoms with E-state index in [1.165, 1.54) is 0 Å². The number of hydrogen-bond donors (Lipinski definition) is 0. The smallest absolute Gasteiger partial charge is 0.0991 e. The van der Waals surface area contributed by atoms with Crippen LogP contribution < -0.4 is 0 Å². The molecule has 7 aromatic carbocycles. The third kappa shape index (κ3) is 4.31. The summed E-state index contributed by atoms with van der Waals surface area (Å²) in [5.74, 6) is 0. The summed E-state index contributed by atoms with van der Waals surface area (Å²) in [5, 5.41) is 33.6. The van der Waals surface area contributed by atoms with Gasteiger partial charge in [-0.25, -0.2) is 0 Å². The monoisotopic (exact) mass is 635 g/mol. The molecule has 0 radical (unpaired) electrons. The van der Waals surface area contributed by atoms with E-state index in [0.717, 1.165) is 77.2 Å². The number of para-hydroxylation sites is 3. The highest BCUT2D eigenvalue weighted by Crippen LogP contribution is 2.44. The molecule has 0 unspecified atom stereocenters. The van der Waals surface area contributed by atoms with E-state index < -0.39 is 0 Å². The Hall–Kier alpha value is -7.39. The molecule has 0 saturated carbocycles. The fourth-order valence-corrected chi connectivity index (χ4v) is 7.50. The molecule has 0 aliphatic heterocycles. The summed E-state index contributed by atoms with van der Waals surface area (Å²) in [6.07, 6.45) is 0. The van der Waals surface area contributed by atoms with Gasteiger partial charge in [0.15, 0.2) is 0 Å². The number of nitriles is 3. The summed E-state index contributed by atoms with van der Waals surface area (Å²) in [5.41, 5.74) is 11.8. The van der Waals surface area contributed by atoms with Gasteiger partial charge in [-0.2, -0.15) is 15.8 Å². The van der Waals surface area contributed by atoms with Crippen LogP contribution in [0.15, 0.2) is 152 Å². The Kier molecular flexibility index (Phi) is 6.56. The van der Waals surface area contributed by atoms with Gasteiger partial charge < -0.3 is 9.13 Å². The van der Waals surface area contributed by atoms with E-state index in [1.807, 2.05) is 78.9 Å². The maximum absolute atomic E-state index is 9.98. The number of aromatic nitrogens is 2. The Labute approximate surface area is 287 Å². The normalized spacial score (nSPS) is 11.1. The lowest BCUT2D eigenvalue weighted by atomic mass is 9.91. The minimum atomic E-state index is 0.577. The molecule has 9 rings (SSSR count). The molecular weight excluding hydrogens is 611 g/mol. The maximum Gasteiger partial charge on any atom is 0.0991 e. The molecule has 2 heterocycles. The van der Waals surface area contributed by atoms with Crippen LogP contribution in [0.2, 0.25) is 0 Å². The molecule has 2 aromatic heterocycles. The summed E-state index contributed by atoms with van der Waals surface area (Å²) in [7, 11) is 0. The Morgan fingerprint density at radius 3 is 1.48 bits per heavy atom. The summed E-state index contributed by atoms with van der Waals surface area (Å²) < 4.78 is 4.56. The minimum absolute atomic E-state index is 0.577. The predicted molar refractivity (Wildman–Crippen MR) is 200 cm³/mol. The lowest BCUT2D eigenvalue weighted by Gasteiger charge is -2.21. The van der Waals surface area contributed by atoms with Crippen LogP contribution in [0.1, 0.15) is 16.7 Å². The fourth-order valence-electron chi connectivity index (χ4n) is 7.50. The van der Waals surface area contributed by atoms with Crippen LogP contribution in [0.4, 0.5) is 0 Å². The molecule has 0 fully saturated rings. The topological polar surface area (TPSA) is 81.2 Å². The first-order chi connectivity index (χ1) is 24.7. The summed E-state index contributed by atoms with van der Waals surface area (Å²) in [4.78, 5) is 0. The van der Waals surface area contributed by atoms with Crippen LogP contribution in [-0.4, -0.2) is 9.13 Å². The standard InChI is InChI=1S/C45H25N5/c46-26-29-9-7-10-32(23-29)45-36(14-8-18-44(45)50-41-17-6-3-13-35(41)38-25-31(28-48)20-22-43(38)50)33-11-1-4-15-39(33)49-40-16-5-2-12-34(40)37-24-30(27-47)19-21-42(37)49/h1-25H. The van der Waals surface area contributed by atoms with Gasteiger partial charge in [0.05, 0.1) is 68.3 Å². The van der Waals surface area contributed by atoms with E-state index in [4.69, 9.17) is 0 Å². The van der Waals surface area contributed by atoms with E-state index in [9.17, 15) is 15.8 Å². The number of rotatable bonds is 4. The molecule has 0 saturated heterocycles. The average molecular weight is 636 g/mol. The van der Waals surface area contributed by atoms with Gasteiger partial charge in [-0.1, -0.05) is 78.9 Å². The summed E-state index contributed by atoms with van der Waals surface area (Å²) >= 11 is 0. The first kappa shape index (κ1) is 28.8. The summed E-state index contributed by atoms with van der Waals surface area (Å²) in [6, 6.07) is 57.9. The van der Waals surface area contributed by atoms with E-state index in [0.29, 0.717) is 16.7 Å². The highest BCUT2D eigenvalue weighted by atomic mass is 15.0. The molecule has 0 aliphatic rings. The molecule has 9 aromatic rings. The molecule has 5 nitrogen and oxygen atoms in total. The van der Waals surface area contributed by atoms with E-state index in [-0.39, 0.29) is 0 Å². The third-order valence-electron chi connectivity index (χ3n) is 9.60. The molecule has 50 heavy (non-hydrogen) atoms.